The summed E-state index contributed by atoms with van der Waals surface area (Å²) in [5, 5.41) is 7.97. The standard InChI is InChI=1S/C14H10Cl4O4/c1-4-14(3,5-2)22-13(21)7-6(12(19)20)8(15)10(17)11(18)9(7)16/h1H,5H2,2-3H3,(H,19,20). The number of carbonyl (C=O) groups is 2. The van der Waals surface area contributed by atoms with Gasteiger partial charge in [-0.25, -0.2) is 9.59 Å². The van der Waals surface area contributed by atoms with Gasteiger partial charge in [0.15, 0.2) is 5.60 Å². The quantitative estimate of drug-likeness (QED) is 0.345. The summed E-state index contributed by atoms with van der Waals surface area (Å²) >= 11 is 23.4. The average Bonchev–Trinajstić information content (AvgIpc) is 2.47. The van der Waals surface area contributed by atoms with E-state index in [9.17, 15) is 14.7 Å². The molecule has 0 aliphatic rings. The number of carboxylic acids is 1. The minimum atomic E-state index is -1.50. The Morgan fingerprint density at radius 3 is 1.95 bits per heavy atom. The Labute approximate surface area is 147 Å². The van der Waals surface area contributed by atoms with Crippen LogP contribution in [0.15, 0.2) is 0 Å². The number of benzene rings is 1. The van der Waals surface area contributed by atoms with Crippen LogP contribution >= 0.6 is 46.4 Å². The van der Waals surface area contributed by atoms with Crippen molar-refractivity contribution < 1.29 is 19.4 Å². The number of carboxylic acid groups (broad SMARTS) is 1. The molecule has 0 amide bonds. The molecule has 1 aromatic carbocycles. The predicted molar refractivity (Wildman–Crippen MR) is 86.4 cm³/mol. The Morgan fingerprint density at radius 1 is 1.14 bits per heavy atom. The number of halogens is 4. The lowest BCUT2D eigenvalue weighted by Crippen LogP contribution is -2.30. The third-order valence-electron chi connectivity index (χ3n) is 2.98. The molecule has 8 heteroatoms. The van der Waals surface area contributed by atoms with Crippen molar-refractivity contribution in [3.8, 4) is 12.3 Å². The molecule has 1 aromatic rings. The molecule has 0 aliphatic heterocycles. The number of terminal acetylenes is 1. The Bertz CT molecular complexity index is 693. The first kappa shape index (κ1) is 18.9. The van der Waals surface area contributed by atoms with Crippen LogP contribution in [0.1, 0.15) is 41.0 Å². The fourth-order valence-electron chi connectivity index (χ4n) is 1.48. The van der Waals surface area contributed by atoms with Gasteiger partial charge in [-0.15, -0.1) is 6.42 Å². The highest BCUT2D eigenvalue weighted by Gasteiger charge is 2.33. The molecule has 0 aliphatic carbocycles. The van der Waals surface area contributed by atoms with Gasteiger partial charge >= 0.3 is 11.9 Å². The molecule has 0 spiro atoms. The minimum Gasteiger partial charge on any atom is -0.478 e. The van der Waals surface area contributed by atoms with Crippen LogP contribution in [0.4, 0.5) is 0 Å². The van der Waals surface area contributed by atoms with Gasteiger partial charge in [0.2, 0.25) is 0 Å². The molecule has 0 aromatic heterocycles. The summed E-state index contributed by atoms with van der Waals surface area (Å²) in [4.78, 5) is 23.7. The molecule has 118 valence electrons. The van der Waals surface area contributed by atoms with Gasteiger partial charge in [-0.05, 0) is 13.3 Å². The third-order valence-corrected chi connectivity index (χ3v) is 4.79. The van der Waals surface area contributed by atoms with Gasteiger partial charge in [0.25, 0.3) is 0 Å². The zero-order chi connectivity index (χ0) is 17.2. The van der Waals surface area contributed by atoms with Crippen LogP contribution in [-0.4, -0.2) is 22.6 Å². The van der Waals surface area contributed by atoms with Crippen LogP contribution in [0.3, 0.4) is 0 Å². The van der Waals surface area contributed by atoms with Gasteiger partial charge in [0, 0.05) is 0 Å². The maximum absolute atomic E-state index is 12.3. The van der Waals surface area contributed by atoms with Crippen LogP contribution in [0.5, 0.6) is 0 Å². The lowest BCUT2D eigenvalue weighted by Gasteiger charge is -2.23. The molecular weight excluding hydrogens is 374 g/mol. The Kier molecular flexibility index (Phi) is 6.00. The van der Waals surface area contributed by atoms with E-state index in [0.29, 0.717) is 6.42 Å². The summed E-state index contributed by atoms with van der Waals surface area (Å²) in [6, 6.07) is 0. The second kappa shape index (κ2) is 6.97. The molecule has 0 radical (unpaired) electrons. The molecule has 0 saturated carbocycles. The third kappa shape index (κ3) is 3.44. The van der Waals surface area contributed by atoms with Crippen LogP contribution < -0.4 is 0 Å². The average molecular weight is 384 g/mol. The lowest BCUT2D eigenvalue weighted by atomic mass is 10.0. The first-order chi connectivity index (χ1) is 10.1. The molecule has 1 rings (SSSR count). The van der Waals surface area contributed by atoms with Gasteiger partial charge in [0.1, 0.15) is 0 Å². The van der Waals surface area contributed by atoms with Gasteiger partial charge < -0.3 is 9.84 Å². The topological polar surface area (TPSA) is 63.6 Å². The van der Waals surface area contributed by atoms with Crippen molar-refractivity contribution in [2.24, 2.45) is 0 Å². The SMILES string of the molecule is C#CC(C)(CC)OC(=O)c1c(Cl)c(Cl)c(Cl)c(Cl)c1C(=O)O. The summed E-state index contributed by atoms with van der Waals surface area (Å²) in [5.74, 6) is -0.242. The summed E-state index contributed by atoms with van der Waals surface area (Å²) in [7, 11) is 0. The lowest BCUT2D eigenvalue weighted by molar-refractivity contribution is 0.0128. The van der Waals surface area contributed by atoms with Crippen molar-refractivity contribution in [2.75, 3.05) is 0 Å². The molecule has 1 unspecified atom stereocenters. The highest BCUT2D eigenvalue weighted by atomic mass is 35.5. The summed E-state index contributed by atoms with van der Waals surface area (Å²) < 4.78 is 5.16. The predicted octanol–water partition coefficient (Wildman–Crippen LogP) is 4.96. The van der Waals surface area contributed by atoms with Crippen molar-refractivity contribution in [3.05, 3.63) is 31.2 Å². The number of ether oxygens (including phenoxy) is 1. The van der Waals surface area contributed by atoms with Crippen LogP contribution in [0.25, 0.3) is 0 Å². The number of aromatic carboxylic acids is 1. The van der Waals surface area contributed by atoms with E-state index in [1.807, 2.05) is 0 Å². The van der Waals surface area contributed by atoms with Crippen LogP contribution in [0.2, 0.25) is 20.1 Å². The summed E-state index contributed by atoms with van der Waals surface area (Å²) in [5.41, 5.74) is -2.32. The van der Waals surface area contributed by atoms with E-state index in [4.69, 9.17) is 57.6 Å². The van der Waals surface area contributed by atoms with Gasteiger partial charge in [-0.1, -0.05) is 59.2 Å². The maximum Gasteiger partial charge on any atom is 0.342 e. The van der Waals surface area contributed by atoms with Crippen molar-refractivity contribution in [1.29, 1.82) is 0 Å². The fourth-order valence-corrected chi connectivity index (χ4v) is 2.49. The molecule has 1 atom stereocenters. The second-order valence-corrected chi connectivity index (χ2v) is 5.94. The van der Waals surface area contributed by atoms with Crippen LogP contribution in [-0.2, 0) is 4.74 Å². The zero-order valence-corrected chi connectivity index (χ0v) is 14.5. The van der Waals surface area contributed by atoms with E-state index in [2.05, 4.69) is 5.92 Å². The Hall–Kier alpha value is -1.12. The van der Waals surface area contributed by atoms with Crippen molar-refractivity contribution in [2.45, 2.75) is 25.9 Å². The first-order valence-electron chi connectivity index (χ1n) is 5.90. The highest BCUT2D eigenvalue weighted by Crippen LogP contribution is 2.42. The van der Waals surface area contributed by atoms with Gasteiger partial charge in [0.05, 0.1) is 31.2 Å². The highest BCUT2D eigenvalue weighted by molar-refractivity contribution is 6.54. The van der Waals surface area contributed by atoms with Crippen molar-refractivity contribution >= 4 is 58.3 Å². The summed E-state index contributed by atoms with van der Waals surface area (Å²) in [6.07, 6.45) is 5.62. The van der Waals surface area contributed by atoms with E-state index in [-0.39, 0.29) is 15.1 Å². The summed E-state index contributed by atoms with van der Waals surface area (Å²) in [6.45, 7) is 3.20. The number of hydrogen-bond donors (Lipinski definition) is 1. The van der Waals surface area contributed by atoms with E-state index >= 15 is 0 Å². The van der Waals surface area contributed by atoms with E-state index < -0.39 is 33.7 Å². The van der Waals surface area contributed by atoms with Gasteiger partial charge in [-0.2, -0.15) is 0 Å². The molecule has 0 saturated heterocycles. The number of hydrogen-bond acceptors (Lipinski definition) is 3. The monoisotopic (exact) mass is 382 g/mol. The molecule has 0 fully saturated rings. The van der Waals surface area contributed by atoms with Crippen molar-refractivity contribution in [3.63, 3.8) is 0 Å². The number of esters is 1. The zero-order valence-electron chi connectivity index (χ0n) is 11.5. The van der Waals surface area contributed by atoms with Gasteiger partial charge in [-0.3, -0.25) is 0 Å². The normalized spacial score (nSPS) is 13.1. The molecule has 1 N–H and O–H groups in total. The number of carbonyl (C=O) groups excluding carboxylic acids is 1. The van der Waals surface area contributed by atoms with E-state index in [0.717, 1.165) is 0 Å². The Balaban J connectivity index is 3.57. The molecule has 0 heterocycles. The largest absolute Gasteiger partial charge is 0.478 e. The molecule has 0 bridgehead atoms. The second-order valence-electron chi connectivity index (χ2n) is 4.43. The maximum atomic E-state index is 12.3. The molecular formula is C14H10Cl4O4. The molecule has 4 nitrogen and oxygen atoms in total. The number of rotatable bonds is 4. The first-order valence-corrected chi connectivity index (χ1v) is 7.41. The minimum absolute atomic E-state index is 0.246. The van der Waals surface area contributed by atoms with Crippen LogP contribution in [0, 0.1) is 12.3 Å². The molecule has 22 heavy (non-hydrogen) atoms. The van der Waals surface area contributed by atoms with E-state index in [1.165, 1.54) is 6.92 Å². The Morgan fingerprint density at radius 2 is 1.59 bits per heavy atom. The fraction of sp³-hybridized carbons (Fsp3) is 0.286. The van der Waals surface area contributed by atoms with E-state index in [1.54, 1.807) is 6.92 Å². The van der Waals surface area contributed by atoms with Crippen molar-refractivity contribution in [1.82, 2.24) is 0 Å². The smallest absolute Gasteiger partial charge is 0.342 e.